The second-order valence-corrected chi connectivity index (χ2v) is 6.33. The number of hydrazine groups is 1. The number of hydrogen-bond acceptors (Lipinski definition) is 5. The zero-order valence-corrected chi connectivity index (χ0v) is 12.3. The Kier molecular flexibility index (Phi) is 3.93. The topological polar surface area (TPSA) is 124 Å². The van der Waals surface area contributed by atoms with Gasteiger partial charge >= 0.3 is 5.97 Å². The molecule has 1 saturated heterocycles. The van der Waals surface area contributed by atoms with Crippen molar-refractivity contribution in [2.75, 3.05) is 5.01 Å². The molecule has 114 valence electrons. The Hall–Kier alpha value is -1.68. The van der Waals surface area contributed by atoms with E-state index in [4.69, 9.17) is 21.3 Å². The summed E-state index contributed by atoms with van der Waals surface area (Å²) in [5, 5.41) is 9.77. The number of aliphatic carboxylic acids is 1. The number of nitrogens with one attached hydrogen (secondary N) is 1. The third-order valence-electron chi connectivity index (χ3n) is 2.96. The molecule has 0 spiro atoms. The van der Waals surface area contributed by atoms with Crippen LogP contribution in [0, 0.1) is 6.92 Å². The minimum atomic E-state index is -4.43. The van der Waals surface area contributed by atoms with Crippen LogP contribution in [-0.4, -0.2) is 36.0 Å². The van der Waals surface area contributed by atoms with Crippen molar-refractivity contribution in [3.05, 3.63) is 22.7 Å². The summed E-state index contributed by atoms with van der Waals surface area (Å²) < 4.78 is 31.2. The lowest BCUT2D eigenvalue weighted by Gasteiger charge is -2.21. The number of nitrogens with zero attached hydrogens (tertiary/aromatic N) is 1. The van der Waals surface area contributed by atoms with Crippen molar-refractivity contribution in [1.29, 1.82) is 0 Å². The molecule has 1 aliphatic rings. The maximum atomic E-state index is 11.8. The van der Waals surface area contributed by atoms with Crippen LogP contribution in [0.25, 0.3) is 0 Å². The van der Waals surface area contributed by atoms with Gasteiger partial charge in [0.2, 0.25) is 5.91 Å². The smallest absolute Gasteiger partial charge is 0.323 e. The van der Waals surface area contributed by atoms with Crippen LogP contribution in [0.4, 0.5) is 5.69 Å². The van der Waals surface area contributed by atoms with Crippen LogP contribution in [0.5, 0.6) is 0 Å². The second-order valence-electron chi connectivity index (χ2n) is 4.50. The van der Waals surface area contributed by atoms with E-state index in [0.29, 0.717) is 5.56 Å². The highest BCUT2D eigenvalue weighted by atomic mass is 35.5. The van der Waals surface area contributed by atoms with Gasteiger partial charge in [0.1, 0.15) is 6.04 Å². The lowest BCUT2D eigenvalue weighted by molar-refractivity contribution is -0.139. The molecule has 0 radical (unpaired) electrons. The Morgan fingerprint density at radius 1 is 1.48 bits per heavy atom. The van der Waals surface area contributed by atoms with Gasteiger partial charge in [0.15, 0.2) is 0 Å². The maximum Gasteiger partial charge on any atom is 0.323 e. The number of rotatable bonds is 3. The molecule has 1 aromatic carbocycles. The molecule has 21 heavy (non-hydrogen) atoms. The fraction of sp³-hybridized carbons (Fsp3) is 0.273. The number of carbonyl (C=O) groups is 2. The summed E-state index contributed by atoms with van der Waals surface area (Å²) in [5.41, 5.74) is 2.93. The molecule has 1 amide bonds. The summed E-state index contributed by atoms with van der Waals surface area (Å²) in [5.74, 6) is -1.69. The van der Waals surface area contributed by atoms with Crippen LogP contribution in [-0.2, 0) is 19.7 Å². The monoisotopic (exact) mass is 334 g/mol. The Labute approximate surface area is 125 Å². The zero-order chi connectivity index (χ0) is 15.9. The zero-order valence-electron chi connectivity index (χ0n) is 10.7. The molecule has 0 saturated carbocycles. The lowest BCUT2D eigenvalue weighted by Crippen LogP contribution is -2.41. The van der Waals surface area contributed by atoms with E-state index in [1.165, 1.54) is 6.92 Å². The number of carboxylic acids is 1. The number of anilines is 1. The first kappa shape index (κ1) is 15.7. The molecule has 10 heteroatoms. The average Bonchev–Trinajstić information content (AvgIpc) is 2.69. The number of aryl methyl sites for hydroxylation is 1. The minimum absolute atomic E-state index is 0.102. The van der Waals surface area contributed by atoms with Gasteiger partial charge in [0.05, 0.1) is 22.0 Å². The molecular weight excluding hydrogens is 324 g/mol. The third-order valence-corrected chi connectivity index (χ3v) is 4.08. The van der Waals surface area contributed by atoms with Gasteiger partial charge in [-0.1, -0.05) is 11.6 Å². The number of carboxylic acid groups (broad SMARTS) is 1. The Balaban J connectivity index is 2.47. The summed E-state index contributed by atoms with van der Waals surface area (Å²) in [7, 11) is -4.43. The summed E-state index contributed by atoms with van der Waals surface area (Å²) in [6, 6.07) is 1.05. The molecule has 1 aliphatic heterocycles. The van der Waals surface area contributed by atoms with E-state index in [0.717, 1.165) is 17.1 Å². The van der Waals surface area contributed by atoms with Gasteiger partial charge in [-0.2, -0.15) is 8.42 Å². The van der Waals surface area contributed by atoms with Gasteiger partial charge in [-0.3, -0.25) is 14.1 Å². The molecule has 2 rings (SSSR count). The van der Waals surface area contributed by atoms with Crippen molar-refractivity contribution in [2.45, 2.75) is 24.3 Å². The molecule has 1 atom stereocenters. The SMILES string of the molecule is Cc1cc(S(=O)(=O)O)cc(Cl)c1N1NC(C(=O)O)CC1=O. The van der Waals surface area contributed by atoms with Crippen LogP contribution in [0.1, 0.15) is 12.0 Å². The molecule has 0 aliphatic carbocycles. The molecule has 0 bridgehead atoms. The van der Waals surface area contributed by atoms with Crippen molar-refractivity contribution < 1.29 is 27.7 Å². The molecule has 1 aromatic rings. The summed E-state index contributed by atoms with van der Waals surface area (Å²) in [4.78, 5) is 22.3. The first-order chi connectivity index (χ1) is 9.61. The first-order valence-corrected chi connectivity index (χ1v) is 7.52. The molecule has 0 aromatic heterocycles. The van der Waals surface area contributed by atoms with Gasteiger partial charge in [-0.25, -0.2) is 10.4 Å². The average molecular weight is 335 g/mol. The number of carbonyl (C=O) groups excluding carboxylic acids is 1. The fourth-order valence-electron chi connectivity index (χ4n) is 2.01. The van der Waals surface area contributed by atoms with Crippen LogP contribution in [0.2, 0.25) is 5.02 Å². The van der Waals surface area contributed by atoms with Crippen LogP contribution in [0.3, 0.4) is 0 Å². The highest BCUT2D eigenvalue weighted by molar-refractivity contribution is 7.85. The quantitative estimate of drug-likeness (QED) is 0.691. The lowest BCUT2D eigenvalue weighted by atomic mass is 10.2. The molecule has 1 heterocycles. The summed E-state index contributed by atoms with van der Waals surface area (Å²) >= 11 is 5.96. The van der Waals surface area contributed by atoms with E-state index in [-0.39, 0.29) is 17.1 Å². The van der Waals surface area contributed by atoms with Gasteiger partial charge in [-0.15, -0.1) is 0 Å². The highest BCUT2D eigenvalue weighted by Crippen LogP contribution is 2.33. The fourth-order valence-corrected chi connectivity index (χ4v) is 3.02. The van der Waals surface area contributed by atoms with Gasteiger partial charge in [0.25, 0.3) is 10.1 Å². The Bertz CT molecular complexity index is 709. The van der Waals surface area contributed by atoms with Crippen molar-refractivity contribution in [2.24, 2.45) is 0 Å². The number of halogens is 1. The molecule has 3 N–H and O–H groups in total. The first-order valence-electron chi connectivity index (χ1n) is 5.71. The predicted molar refractivity (Wildman–Crippen MR) is 72.7 cm³/mol. The number of amides is 1. The van der Waals surface area contributed by atoms with Gasteiger partial charge < -0.3 is 5.11 Å². The second kappa shape index (κ2) is 5.26. The summed E-state index contributed by atoms with van der Waals surface area (Å²) in [6.45, 7) is 1.49. The van der Waals surface area contributed by atoms with E-state index in [1.54, 1.807) is 0 Å². The molecule has 1 fully saturated rings. The van der Waals surface area contributed by atoms with Gasteiger partial charge in [0, 0.05) is 0 Å². The van der Waals surface area contributed by atoms with Gasteiger partial charge in [-0.05, 0) is 24.6 Å². The van der Waals surface area contributed by atoms with E-state index < -0.39 is 32.9 Å². The molecular formula is C11H11ClN2O6S. The van der Waals surface area contributed by atoms with Crippen molar-refractivity contribution in [3.63, 3.8) is 0 Å². The van der Waals surface area contributed by atoms with E-state index in [9.17, 15) is 18.0 Å². The van der Waals surface area contributed by atoms with Crippen molar-refractivity contribution >= 4 is 39.3 Å². The number of benzene rings is 1. The summed E-state index contributed by atoms with van der Waals surface area (Å²) in [6.07, 6.45) is -0.245. The third kappa shape index (κ3) is 3.00. The molecule has 8 nitrogen and oxygen atoms in total. The maximum absolute atomic E-state index is 11.8. The van der Waals surface area contributed by atoms with Crippen molar-refractivity contribution in [3.8, 4) is 0 Å². The predicted octanol–water partition coefficient (Wildman–Crippen LogP) is 0.590. The number of hydrogen-bond donors (Lipinski definition) is 3. The standard InChI is InChI=1S/C11H11ClN2O6S/c1-5-2-6(21(18,19)20)3-7(12)10(5)14-9(15)4-8(13-14)11(16)17/h2-3,8,13H,4H2,1H3,(H,16,17)(H,18,19,20). The molecule has 1 unspecified atom stereocenters. The minimum Gasteiger partial charge on any atom is -0.480 e. The van der Waals surface area contributed by atoms with E-state index in [2.05, 4.69) is 5.43 Å². The van der Waals surface area contributed by atoms with Crippen LogP contribution in [0.15, 0.2) is 17.0 Å². The largest absolute Gasteiger partial charge is 0.480 e. The normalized spacial score (nSPS) is 19.1. The Morgan fingerprint density at radius 3 is 2.52 bits per heavy atom. The van der Waals surface area contributed by atoms with Crippen molar-refractivity contribution in [1.82, 2.24) is 5.43 Å². The van der Waals surface area contributed by atoms with Crippen LogP contribution < -0.4 is 10.4 Å². The van der Waals surface area contributed by atoms with E-state index in [1.807, 2.05) is 0 Å². The van der Waals surface area contributed by atoms with Crippen LogP contribution >= 0.6 is 11.6 Å². The van der Waals surface area contributed by atoms with E-state index >= 15 is 0 Å². The highest BCUT2D eigenvalue weighted by Gasteiger charge is 2.36. The Morgan fingerprint density at radius 2 is 2.10 bits per heavy atom.